The molecule has 8 aromatic carbocycles. The van der Waals surface area contributed by atoms with E-state index in [-0.39, 0.29) is 93.0 Å². The Balaban J connectivity index is 1.11. The fourth-order valence-electron chi connectivity index (χ4n) is 10.5. The first kappa shape index (κ1) is 61.3. The van der Waals surface area contributed by atoms with Gasteiger partial charge in [0.2, 0.25) is 20.0 Å². The van der Waals surface area contributed by atoms with Gasteiger partial charge in [0, 0.05) is 32.4 Å². The van der Waals surface area contributed by atoms with E-state index in [9.17, 15) is 25.3 Å². The number of nitrogens with zero attached hydrogens (tertiary/aromatic N) is 2. The summed E-state index contributed by atoms with van der Waals surface area (Å²) in [6.07, 6.45) is -4.37. The normalized spacial score (nSPS) is 12.6. The molecule has 0 aliphatic carbocycles. The molecule has 0 fully saturated rings. The predicted octanol–water partition coefficient (Wildman–Crippen LogP) is 13.4. The third-order valence-corrected chi connectivity index (χ3v) is 21.6. The van der Waals surface area contributed by atoms with Gasteiger partial charge in [-0.25, -0.2) is 38.1 Å². The quantitative estimate of drug-likeness (QED) is 0.0647. The second-order valence-corrected chi connectivity index (χ2v) is 28.9. The van der Waals surface area contributed by atoms with Crippen LogP contribution in [0, 0.1) is 40.4 Å². The van der Waals surface area contributed by atoms with Gasteiger partial charge in [0.25, 0.3) is 0 Å². The summed E-state index contributed by atoms with van der Waals surface area (Å²) in [6.45, 7) is 9.26. The number of hydrogen-bond donors (Lipinski definition) is 0. The molecule has 0 aliphatic heterocycles. The molecule has 0 aromatic heterocycles. The molecule has 0 N–H and O–H groups in total. The van der Waals surface area contributed by atoms with Crippen molar-refractivity contribution in [3.8, 4) is 22.3 Å². The molecule has 0 saturated carbocycles. The number of sulfone groups is 2. The molecule has 0 saturated heterocycles. The fraction of sp³-hybridized carbons (Fsp3) is 0.250. The lowest BCUT2D eigenvalue weighted by Gasteiger charge is -2.26. The van der Waals surface area contributed by atoms with Crippen LogP contribution in [-0.4, -0.2) is 67.4 Å². The highest BCUT2D eigenvalue weighted by Gasteiger charge is 2.36. The first-order chi connectivity index (χ1) is 38.5. The van der Waals surface area contributed by atoms with Crippen LogP contribution < -0.4 is 0 Å². The fourth-order valence-corrected chi connectivity index (χ4v) is 15.8. The summed E-state index contributed by atoms with van der Waals surface area (Å²) in [4.78, 5) is 0.248. The predicted molar refractivity (Wildman–Crippen MR) is 314 cm³/mol. The summed E-state index contributed by atoms with van der Waals surface area (Å²) in [5.41, 5.74) is 6.03. The highest BCUT2D eigenvalue weighted by molar-refractivity contribution is 7.91. The first-order valence-electron chi connectivity index (χ1n) is 26.5. The van der Waals surface area contributed by atoms with Gasteiger partial charge in [-0.1, -0.05) is 145 Å². The maximum atomic E-state index is 15.4. The summed E-state index contributed by atoms with van der Waals surface area (Å²) in [5, 5.41) is 0. The Morgan fingerprint density at radius 2 is 0.915 bits per heavy atom. The molecule has 10 nitrogen and oxygen atoms in total. The highest BCUT2D eigenvalue weighted by Crippen LogP contribution is 2.37. The molecule has 82 heavy (non-hydrogen) atoms. The van der Waals surface area contributed by atoms with Gasteiger partial charge in [0.1, 0.15) is 5.82 Å². The van der Waals surface area contributed by atoms with Gasteiger partial charge in [0.15, 0.2) is 19.7 Å². The van der Waals surface area contributed by atoms with Crippen molar-refractivity contribution >= 4 is 39.7 Å². The van der Waals surface area contributed by atoms with Crippen LogP contribution in [0.2, 0.25) is 0 Å². The van der Waals surface area contributed by atoms with Gasteiger partial charge < -0.3 is 0 Å². The number of alkyl halides is 3. The summed E-state index contributed by atoms with van der Waals surface area (Å²) in [5.74, 6) is -0.585. The van der Waals surface area contributed by atoms with E-state index < -0.39 is 57.3 Å². The number of halogens is 4. The Labute approximate surface area is 480 Å². The molecule has 0 unspecified atom stereocenters. The molecule has 18 heteroatoms. The zero-order chi connectivity index (χ0) is 59.5. The molecule has 0 heterocycles. The van der Waals surface area contributed by atoms with Crippen molar-refractivity contribution in [1.82, 2.24) is 8.61 Å². The van der Waals surface area contributed by atoms with Crippen LogP contribution in [0.1, 0.15) is 73.7 Å². The molecule has 430 valence electrons. The third kappa shape index (κ3) is 14.2. The van der Waals surface area contributed by atoms with E-state index in [4.69, 9.17) is 0 Å². The lowest BCUT2D eigenvalue weighted by Crippen LogP contribution is -2.34. The Morgan fingerprint density at radius 3 is 1.43 bits per heavy atom. The second kappa shape index (κ2) is 24.6. The standard InChI is InChI=1S/C64H64F4N2O8S4/c1-8-80(73,74)59-17-12-15-56(40-59)52-26-21-49(22-27-52)42-70(32-30-54-13-9-10-18-61(54)65)82(77,78)63-47(6)35-44(3)36-57(63)37-50-23-28-53(60(38-50)64(66,67)68)29-31-69(81(75,76)62-45(4)33-43(2)34-46(62)5)41-48-19-24-51(25-20-48)55-14-11-16-58(39-55)79(7,71)72/h9-28,33-36,38-40H,8,29-32,37,41-42H2,1-7H3. The van der Waals surface area contributed by atoms with Gasteiger partial charge in [0.05, 0.1) is 30.9 Å². The molecule has 8 rings (SSSR count). The van der Waals surface area contributed by atoms with Crippen molar-refractivity contribution in [3.63, 3.8) is 0 Å². The molecule has 0 bridgehead atoms. The minimum Gasteiger partial charge on any atom is -0.224 e. The molecule has 0 radical (unpaired) electrons. The Kier molecular flexibility index (Phi) is 18.4. The van der Waals surface area contributed by atoms with Crippen molar-refractivity contribution in [2.45, 2.75) is 99.7 Å². The largest absolute Gasteiger partial charge is 0.416 e. The monoisotopic (exact) mass is 1190 g/mol. The highest BCUT2D eigenvalue weighted by atomic mass is 32.2. The van der Waals surface area contributed by atoms with E-state index >= 15 is 26.0 Å². The van der Waals surface area contributed by atoms with Crippen LogP contribution in [0.15, 0.2) is 183 Å². The number of sulfonamides is 2. The van der Waals surface area contributed by atoms with E-state index in [1.165, 1.54) is 45.0 Å². The number of aryl methyl sites for hydroxylation is 5. The van der Waals surface area contributed by atoms with E-state index in [1.807, 2.05) is 6.92 Å². The molecular formula is C64H64F4N2O8S4. The lowest BCUT2D eigenvalue weighted by atomic mass is 9.95. The van der Waals surface area contributed by atoms with Crippen molar-refractivity contribution in [2.75, 3.05) is 25.1 Å². The zero-order valence-electron chi connectivity index (χ0n) is 46.6. The van der Waals surface area contributed by atoms with Gasteiger partial charge in [-0.3, -0.25) is 0 Å². The lowest BCUT2D eigenvalue weighted by molar-refractivity contribution is -0.138. The summed E-state index contributed by atoms with van der Waals surface area (Å²) >= 11 is 0. The van der Waals surface area contributed by atoms with Crippen LogP contribution in [0.25, 0.3) is 22.3 Å². The van der Waals surface area contributed by atoms with Crippen molar-refractivity contribution in [3.05, 3.63) is 236 Å². The van der Waals surface area contributed by atoms with Crippen LogP contribution in [0.3, 0.4) is 0 Å². The molecular weight excluding hydrogens is 1130 g/mol. The molecule has 0 aliphatic rings. The summed E-state index contributed by atoms with van der Waals surface area (Å²) in [6, 6.07) is 43.4. The zero-order valence-corrected chi connectivity index (χ0v) is 49.8. The molecule has 0 atom stereocenters. The van der Waals surface area contributed by atoms with Crippen molar-refractivity contribution < 1.29 is 51.2 Å². The maximum Gasteiger partial charge on any atom is 0.416 e. The molecule has 8 aromatic rings. The minimum absolute atomic E-state index is 0.00148. The Hall–Kier alpha value is -6.80. The number of benzene rings is 8. The summed E-state index contributed by atoms with van der Waals surface area (Å²) < 4.78 is 174. The SMILES string of the molecule is CCS(=O)(=O)c1cccc(-c2ccc(CN(CCc3ccccc3F)S(=O)(=O)c3c(C)cc(C)cc3Cc3ccc(CCN(Cc4ccc(-c5cccc(S(C)(=O)=O)c5)cc4)S(=O)(=O)c4c(C)cc(C)cc4C)c(C(F)(F)F)c3)cc2)c1. The molecule has 0 amide bonds. The van der Waals surface area contributed by atoms with Gasteiger partial charge >= 0.3 is 6.18 Å². The van der Waals surface area contributed by atoms with Crippen molar-refractivity contribution in [2.24, 2.45) is 0 Å². The average Bonchev–Trinajstić information content (AvgIpc) is 3.49. The van der Waals surface area contributed by atoms with Gasteiger partial charge in [-0.05, 0) is 163 Å². The van der Waals surface area contributed by atoms with E-state index in [0.29, 0.717) is 55.6 Å². The Morgan fingerprint density at radius 1 is 0.451 bits per heavy atom. The number of hydrogen-bond acceptors (Lipinski definition) is 8. The van der Waals surface area contributed by atoms with Gasteiger partial charge in [-0.2, -0.15) is 21.8 Å². The molecule has 0 spiro atoms. The van der Waals surface area contributed by atoms with Crippen LogP contribution in [0.4, 0.5) is 17.6 Å². The van der Waals surface area contributed by atoms with Gasteiger partial charge in [-0.15, -0.1) is 0 Å². The average molecular weight is 1190 g/mol. The van der Waals surface area contributed by atoms with Crippen LogP contribution >= 0.6 is 0 Å². The third-order valence-electron chi connectivity index (χ3n) is 14.5. The van der Waals surface area contributed by atoms with Crippen LogP contribution in [-0.2, 0) is 78.2 Å². The maximum absolute atomic E-state index is 15.4. The Bertz CT molecular complexity index is 4130. The topological polar surface area (TPSA) is 143 Å². The summed E-state index contributed by atoms with van der Waals surface area (Å²) in [7, 11) is -15.8. The van der Waals surface area contributed by atoms with E-state index in [2.05, 4.69) is 0 Å². The second-order valence-electron chi connectivity index (χ2n) is 20.9. The van der Waals surface area contributed by atoms with E-state index in [0.717, 1.165) is 17.9 Å². The van der Waals surface area contributed by atoms with Crippen LogP contribution in [0.5, 0.6) is 0 Å². The van der Waals surface area contributed by atoms with E-state index in [1.54, 1.807) is 156 Å². The minimum atomic E-state index is -4.91. The number of rotatable bonds is 21. The smallest absolute Gasteiger partial charge is 0.224 e. The first-order valence-corrected chi connectivity index (χ1v) is 32.9. The van der Waals surface area contributed by atoms with Crippen molar-refractivity contribution in [1.29, 1.82) is 0 Å².